The predicted molar refractivity (Wildman–Crippen MR) is 65.5 cm³/mol. The fourth-order valence-electron chi connectivity index (χ4n) is 1.86. The summed E-state index contributed by atoms with van der Waals surface area (Å²) in [5, 5.41) is 42.5. The summed E-state index contributed by atoms with van der Waals surface area (Å²) in [6, 6.07) is 0. The van der Waals surface area contributed by atoms with Crippen LogP contribution in [-0.2, 0) is 36.2 Å². The second-order valence-electron chi connectivity index (χ2n) is 4.51. The molecule has 13 nitrogen and oxygen atoms in total. The Morgan fingerprint density at radius 1 is 0.625 bits per heavy atom. The van der Waals surface area contributed by atoms with Gasteiger partial charge in [0.1, 0.15) is 0 Å². The molecule has 0 fully saturated rings. The van der Waals surface area contributed by atoms with Gasteiger partial charge in [0.05, 0.1) is 0 Å². The molecule has 0 aliphatic carbocycles. The molecule has 0 amide bonds. The maximum absolute atomic E-state index is 10.6. The molecule has 0 aromatic carbocycles. The van der Waals surface area contributed by atoms with Crippen molar-refractivity contribution < 1.29 is 67.6 Å². The maximum atomic E-state index is 10.6. The van der Waals surface area contributed by atoms with Crippen LogP contribution in [0.15, 0.2) is 0 Å². The number of carboxylic acids is 4. The Kier molecular flexibility index (Phi) is 17.7. The molecule has 0 spiro atoms. The topological polar surface area (TPSA) is 312 Å². The van der Waals surface area contributed by atoms with Crippen molar-refractivity contribution in [2.24, 2.45) is 11.5 Å². The Labute approximate surface area is 146 Å². The van der Waals surface area contributed by atoms with E-state index >= 15 is 0 Å². The normalized spacial score (nSPS) is 9.92. The molecule has 0 saturated carbocycles. The van der Waals surface area contributed by atoms with Gasteiger partial charge in [-0.1, -0.05) is 0 Å². The quantitative estimate of drug-likeness (QED) is 0.308. The van der Waals surface area contributed by atoms with E-state index in [9.17, 15) is 39.6 Å². The van der Waals surface area contributed by atoms with Gasteiger partial charge in [-0.3, -0.25) is 0 Å². The van der Waals surface area contributed by atoms with Gasteiger partial charge in [0.25, 0.3) is 0 Å². The summed E-state index contributed by atoms with van der Waals surface area (Å²) in [6.07, 6.45) is -4.73. The largest absolute Gasteiger partial charge is 3.00 e. The summed E-state index contributed by atoms with van der Waals surface area (Å²) in [5.74, 6) is -7.33. The third kappa shape index (κ3) is 10.1. The van der Waals surface area contributed by atoms with Crippen LogP contribution < -0.4 is 38.0 Å². The molecule has 14 heteroatoms. The van der Waals surface area contributed by atoms with Crippen LogP contribution >= 0.6 is 0 Å². The summed E-state index contributed by atoms with van der Waals surface area (Å²) in [6.45, 7) is 0. The maximum Gasteiger partial charge on any atom is 3.00 e. The minimum atomic E-state index is -2.43. The van der Waals surface area contributed by atoms with Crippen molar-refractivity contribution in [3.8, 4) is 0 Å². The van der Waals surface area contributed by atoms with E-state index in [0.29, 0.717) is 0 Å². The summed E-state index contributed by atoms with van der Waals surface area (Å²) in [7, 11) is 0. The van der Waals surface area contributed by atoms with Crippen LogP contribution in [0.3, 0.4) is 0 Å². The Morgan fingerprint density at radius 2 is 0.750 bits per heavy atom. The van der Waals surface area contributed by atoms with Crippen LogP contribution in [0, 0.1) is 0 Å². The summed E-state index contributed by atoms with van der Waals surface area (Å²) in [4.78, 5) is 42.5. The third-order valence-electron chi connectivity index (χ3n) is 2.83. The van der Waals surface area contributed by atoms with Gasteiger partial charge in [0, 0.05) is 60.6 Å². The van der Waals surface area contributed by atoms with Crippen LogP contribution in [0.2, 0.25) is 0 Å². The van der Waals surface area contributed by atoms with Crippen molar-refractivity contribution >= 4 is 23.9 Å². The van der Waals surface area contributed by atoms with E-state index < -0.39 is 60.6 Å². The van der Waals surface area contributed by atoms with E-state index in [0.717, 1.165) is 0 Å². The number of carbonyl (C=O) groups excluding carboxylic acids is 4. The van der Waals surface area contributed by atoms with Crippen LogP contribution in [0.5, 0.6) is 0 Å². The predicted octanol–water partition coefficient (Wildman–Crippen LogP) is -8.33. The first-order valence-electron chi connectivity index (χ1n) is 5.29. The number of rotatable bonds is 9. The second kappa shape index (κ2) is 12.6. The van der Waals surface area contributed by atoms with Crippen molar-refractivity contribution in [1.82, 2.24) is 6.15 Å². The molecular weight excluding hydrogens is 378 g/mol. The third-order valence-corrected chi connectivity index (χ3v) is 2.83. The molecule has 12 N–H and O–H groups in total. The molecule has 0 atom stereocenters. The molecule has 0 rings (SSSR count). The Balaban J connectivity index is -0.000000301. The Morgan fingerprint density at radius 3 is 0.833 bits per heavy atom. The molecule has 0 aromatic heterocycles. The van der Waals surface area contributed by atoms with Crippen molar-refractivity contribution in [1.29, 1.82) is 0 Å². The molecule has 24 heavy (non-hydrogen) atoms. The molecule has 0 bridgehead atoms. The fourth-order valence-corrected chi connectivity index (χ4v) is 1.86. The van der Waals surface area contributed by atoms with Crippen molar-refractivity contribution in [3.05, 3.63) is 0 Å². The molecule has 0 aliphatic heterocycles. The van der Waals surface area contributed by atoms with Crippen LogP contribution in [-0.4, -0.2) is 45.9 Å². The van der Waals surface area contributed by atoms with Gasteiger partial charge in [-0.2, -0.15) is 0 Å². The first kappa shape index (κ1) is 33.7. The minimum absolute atomic E-state index is 0. The van der Waals surface area contributed by atoms with Gasteiger partial charge in [0.2, 0.25) is 0 Å². The monoisotopic (exact) mass is 398 g/mol. The fraction of sp³-hybridized carbons (Fsp3) is 0.600. The zero-order valence-electron chi connectivity index (χ0n) is 12.6. The Hall–Kier alpha value is -1.80. The standard InChI is InChI=1S/C10H16N2O8.Fe.H3N.2H2O/c11-9(1-5(13)14,2-6(15)16)10(12,3-7(17)18)4-8(19)20;;;;/h1-4,11-12H2,(H,13,14)(H,15,16)(H,17,18)(H,19,20);;1H3;2*1H2/q;+3;;;/p-3. The number of carboxylic acid groups (broad SMARTS) is 4. The van der Waals surface area contributed by atoms with Crippen molar-refractivity contribution in [2.75, 3.05) is 0 Å². The first-order valence-corrected chi connectivity index (χ1v) is 5.29. The molecule has 0 aromatic rings. The van der Waals surface area contributed by atoms with E-state index in [-0.39, 0.29) is 34.2 Å². The molecule has 1 radical (unpaired) electrons. The second-order valence-corrected chi connectivity index (χ2v) is 4.51. The van der Waals surface area contributed by atoms with Gasteiger partial charge in [-0.15, -0.1) is 0 Å². The zero-order valence-corrected chi connectivity index (χ0v) is 13.7. The first-order chi connectivity index (χ1) is 8.92. The number of quaternary nitrogens is 1. The van der Waals surface area contributed by atoms with E-state index in [2.05, 4.69) is 0 Å². The summed E-state index contributed by atoms with van der Waals surface area (Å²) in [5.41, 5.74) is 6.20. The molecule has 0 aliphatic rings. The van der Waals surface area contributed by atoms with E-state index in [1.54, 1.807) is 0 Å². The van der Waals surface area contributed by atoms with E-state index in [1.165, 1.54) is 0 Å². The van der Waals surface area contributed by atoms with Gasteiger partial charge >= 0.3 is 17.1 Å². The molecular formula is C10H20FeN3O10. The SMILES string of the molecule is NC(CC(=O)[O-])(CC(=O)[O-])C(N)(CC(=O)[O-])CC(=O)[O-].O.O.[Fe+3].[NH4+]. The zero-order chi connectivity index (χ0) is 16.1. The molecule has 143 valence electrons. The minimum Gasteiger partial charge on any atom is -0.550 e. The number of nitrogens with two attached hydrogens (primary N) is 2. The molecule has 0 saturated heterocycles. The van der Waals surface area contributed by atoms with Gasteiger partial charge < -0.3 is 68.2 Å². The van der Waals surface area contributed by atoms with Crippen molar-refractivity contribution in [2.45, 2.75) is 36.8 Å². The van der Waals surface area contributed by atoms with Gasteiger partial charge in [0.15, 0.2) is 0 Å². The number of carbonyl (C=O) groups is 4. The van der Waals surface area contributed by atoms with Gasteiger partial charge in [-0.05, 0) is 0 Å². The summed E-state index contributed by atoms with van der Waals surface area (Å²) < 4.78 is 0. The Bertz CT molecular complexity index is 373. The average molecular weight is 398 g/mol. The van der Waals surface area contributed by atoms with E-state index in [1.807, 2.05) is 0 Å². The number of hydrogen-bond acceptors (Lipinski definition) is 10. The van der Waals surface area contributed by atoms with Crippen LogP contribution in [0.25, 0.3) is 0 Å². The smallest absolute Gasteiger partial charge is 0.550 e. The van der Waals surface area contributed by atoms with Crippen LogP contribution in [0.1, 0.15) is 25.7 Å². The van der Waals surface area contributed by atoms with Crippen molar-refractivity contribution in [3.63, 3.8) is 0 Å². The average Bonchev–Trinajstić information content (AvgIpc) is 2.10. The number of aliphatic carboxylic acids is 4. The van der Waals surface area contributed by atoms with Gasteiger partial charge in [-0.25, -0.2) is 0 Å². The van der Waals surface area contributed by atoms with E-state index in [4.69, 9.17) is 11.5 Å². The molecule has 0 unspecified atom stereocenters. The molecule has 0 heterocycles. The van der Waals surface area contributed by atoms with Crippen LogP contribution in [0.4, 0.5) is 0 Å². The summed E-state index contributed by atoms with van der Waals surface area (Å²) >= 11 is 0. The number of hydrogen-bond donors (Lipinski definition) is 3.